The lowest BCUT2D eigenvalue weighted by molar-refractivity contribution is -0.133. The van der Waals surface area contributed by atoms with Gasteiger partial charge >= 0.3 is 0 Å². The van der Waals surface area contributed by atoms with Crippen molar-refractivity contribution in [1.29, 1.82) is 0 Å². The predicted octanol–water partition coefficient (Wildman–Crippen LogP) is 3.34. The number of amides is 1. The molecule has 1 unspecified atom stereocenters. The maximum atomic E-state index is 12.5. The molecule has 2 fully saturated rings. The van der Waals surface area contributed by atoms with Crippen LogP contribution in [0.25, 0.3) is 0 Å². The number of piperidine rings is 1. The minimum absolute atomic E-state index is 0.417. The zero-order valence-corrected chi connectivity index (χ0v) is 13.2. The van der Waals surface area contributed by atoms with Gasteiger partial charge in [-0.25, -0.2) is 0 Å². The Bertz CT molecular complexity index is 285. The highest BCUT2D eigenvalue weighted by Gasteiger charge is 2.25. The number of rotatable bonds is 5. The molecule has 1 aliphatic heterocycles. The third-order valence-corrected chi connectivity index (χ3v) is 4.90. The molecule has 0 aromatic carbocycles. The number of hydrogen-bond donors (Lipinski definition) is 1. The smallest absolute Gasteiger partial charge is 0.222 e. The van der Waals surface area contributed by atoms with Gasteiger partial charge < -0.3 is 10.2 Å². The van der Waals surface area contributed by atoms with E-state index in [1.165, 1.54) is 51.4 Å². The molecule has 1 saturated heterocycles. The molecular weight excluding hydrogens is 248 g/mol. The monoisotopic (exact) mass is 280 g/mol. The molecule has 2 aliphatic rings. The van der Waals surface area contributed by atoms with Gasteiger partial charge in [0.15, 0.2) is 0 Å². The normalized spacial score (nSPS) is 25.4. The topological polar surface area (TPSA) is 32.3 Å². The molecule has 0 spiro atoms. The highest BCUT2D eigenvalue weighted by molar-refractivity contribution is 5.76. The van der Waals surface area contributed by atoms with Crippen LogP contribution in [0.3, 0.4) is 0 Å². The quantitative estimate of drug-likeness (QED) is 0.783. The summed E-state index contributed by atoms with van der Waals surface area (Å²) in [7, 11) is 0. The van der Waals surface area contributed by atoms with Gasteiger partial charge in [-0.2, -0.15) is 0 Å². The van der Waals surface area contributed by atoms with Crippen molar-refractivity contribution >= 4 is 5.91 Å². The second-order valence-corrected chi connectivity index (χ2v) is 6.69. The van der Waals surface area contributed by atoms with Crippen molar-refractivity contribution in [3.63, 3.8) is 0 Å². The highest BCUT2D eigenvalue weighted by atomic mass is 16.2. The van der Waals surface area contributed by atoms with E-state index < -0.39 is 0 Å². The SMILES string of the molecule is CCCNC1CCCN(C(=O)CC2CCCCCC2)C1. The molecule has 0 aromatic heterocycles. The number of carbonyl (C=O) groups is 1. The first-order valence-electron chi connectivity index (χ1n) is 8.80. The van der Waals surface area contributed by atoms with Gasteiger partial charge in [0.2, 0.25) is 5.91 Å². The molecule has 1 amide bonds. The first kappa shape index (κ1) is 15.8. The van der Waals surface area contributed by atoms with Crippen molar-refractivity contribution in [2.24, 2.45) is 5.92 Å². The van der Waals surface area contributed by atoms with E-state index >= 15 is 0 Å². The van der Waals surface area contributed by atoms with E-state index in [1.54, 1.807) is 0 Å². The molecule has 116 valence electrons. The van der Waals surface area contributed by atoms with Crippen LogP contribution in [0.15, 0.2) is 0 Å². The van der Waals surface area contributed by atoms with E-state index in [2.05, 4.69) is 17.1 Å². The third-order valence-electron chi connectivity index (χ3n) is 4.90. The standard InChI is InChI=1S/C17H32N2O/c1-2-11-18-16-10-7-12-19(14-16)17(20)13-15-8-5-3-4-6-9-15/h15-16,18H,2-14H2,1H3. The number of nitrogens with zero attached hydrogens (tertiary/aromatic N) is 1. The van der Waals surface area contributed by atoms with Gasteiger partial charge in [-0.05, 0) is 44.6 Å². The van der Waals surface area contributed by atoms with Crippen LogP contribution in [0.5, 0.6) is 0 Å². The minimum atomic E-state index is 0.417. The fraction of sp³-hybridized carbons (Fsp3) is 0.941. The van der Waals surface area contributed by atoms with Crippen molar-refractivity contribution in [3.8, 4) is 0 Å². The van der Waals surface area contributed by atoms with E-state index in [0.29, 0.717) is 17.9 Å². The fourth-order valence-electron chi connectivity index (χ4n) is 3.66. The lowest BCUT2D eigenvalue weighted by atomic mass is 9.95. The summed E-state index contributed by atoms with van der Waals surface area (Å²) in [6.45, 7) is 5.20. The predicted molar refractivity (Wildman–Crippen MR) is 83.7 cm³/mol. The molecule has 3 heteroatoms. The Kier molecular flexibility index (Phi) is 6.85. The third kappa shape index (κ3) is 5.08. The van der Waals surface area contributed by atoms with Crippen LogP contribution in [0, 0.1) is 5.92 Å². The zero-order valence-electron chi connectivity index (χ0n) is 13.2. The number of nitrogens with one attached hydrogen (secondary N) is 1. The molecule has 1 atom stereocenters. The van der Waals surface area contributed by atoms with Crippen LogP contribution in [0.2, 0.25) is 0 Å². The Balaban J connectivity index is 1.75. The average molecular weight is 280 g/mol. The summed E-state index contributed by atoms with van der Waals surface area (Å²) in [6.07, 6.45) is 12.3. The molecule has 0 radical (unpaired) electrons. The van der Waals surface area contributed by atoms with Crippen molar-refractivity contribution in [2.75, 3.05) is 19.6 Å². The minimum Gasteiger partial charge on any atom is -0.341 e. The van der Waals surface area contributed by atoms with Crippen LogP contribution in [0.4, 0.5) is 0 Å². The lowest BCUT2D eigenvalue weighted by Crippen LogP contribution is -2.48. The molecule has 1 saturated carbocycles. The van der Waals surface area contributed by atoms with Crippen molar-refractivity contribution < 1.29 is 4.79 Å². The summed E-state index contributed by atoms with van der Waals surface area (Å²) in [6, 6.07) is 0.529. The molecular formula is C17H32N2O. The second kappa shape index (κ2) is 8.66. The number of likely N-dealkylation sites (tertiary alicyclic amines) is 1. The molecule has 1 heterocycles. The van der Waals surface area contributed by atoms with Gasteiger partial charge in [0.05, 0.1) is 0 Å². The second-order valence-electron chi connectivity index (χ2n) is 6.69. The van der Waals surface area contributed by atoms with Gasteiger partial charge in [0.25, 0.3) is 0 Å². The Morgan fingerprint density at radius 2 is 1.85 bits per heavy atom. The zero-order chi connectivity index (χ0) is 14.2. The fourth-order valence-corrected chi connectivity index (χ4v) is 3.66. The van der Waals surface area contributed by atoms with E-state index in [9.17, 15) is 4.79 Å². The van der Waals surface area contributed by atoms with Crippen molar-refractivity contribution in [2.45, 2.75) is 77.2 Å². The first-order chi connectivity index (χ1) is 9.79. The van der Waals surface area contributed by atoms with Crippen LogP contribution in [-0.2, 0) is 4.79 Å². The Morgan fingerprint density at radius 1 is 1.10 bits per heavy atom. The summed E-state index contributed by atoms with van der Waals surface area (Å²) in [4.78, 5) is 14.6. The summed E-state index contributed by atoms with van der Waals surface area (Å²) < 4.78 is 0. The molecule has 0 bridgehead atoms. The van der Waals surface area contributed by atoms with Crippen LogP contribution >= 0.6 is 0 Å². The molecule has 20 heavy (non-hydrogen) atoms. The summed E-state index contributed by atoms with van der Waals surface area (Å²) in [5.41, 5.74) is 0. The van der Waals surface area contributed by atoms with Crippen molar-refractivity contribution in [3.05, 3.63) is 0 Å². The summed E-state index contributed by atoms with van der Waals surface area (Å²) >= 11 is 0. The molecule has 1 N–H and O–H groups in total. The Labute approximate surface area is 124 Å². The van der Waals surface area contributed by atoms with Crippen molar-refractivity contribution in [1.82, 2.24) is 10.2 Å². The molecule has 2 rings (SSSR count). The van der Waals surface area contributed by atoms with Gasteiger partial charge in [0.1, 0.15) is 0 Å². The summed E-state index contributed by atoms with van der Waals surface area (Å²) in [5, 5.41) is 3.58. The highest BCUT2D eigenvalue weighted by Crippen LogP contribution is 2.26. The molecule has 3 nitrogen and oxygen atoms in total. The lowest BCUT2D eigenvalue weighted by Gasteiger charge is -2.34. The number of hydrogen-bond acceptors (Lipinski definition) is 2. The first-order valence-corrected chi connectivity index (χ1v) is 8.80. The maximum Gasteiger partial charge on any atom is 0.222 e. The van der Waals surface area contributed by atoms with E-state index in [4.69, 9.17) is 0 Å². The van der Waals surface area contributed by atoms with Gasteiger partial charge in [-0.15, -0.1) is 0 Å². The van der Waals surface area contributed by atoms with E-state index in [0.717, 1.165) is 32.5 Å². The average Bonchev–Trinajstić information content (AvgIpc) is 2.74. The Morgan fingerprint density at radius 3 is 2.55 bits per heavy atom. The Hall–Kier alpha value is -0.570. The van der Waals surface area contributed by atoms with Gasteiger partial charge in [-0.3, -0.25) is 4.79 Å². The van der Waals surface area contributed by atoms with E-state index in [1.807, 2.05) is 0 Å². The van der Waals surface area contributed by atoms with Gasteiger partial charge in [-0.1, -0.05) is 32.6 Å². The van der Waals surface area contributed by atoms with Gasteiger partial charge in [0, 0.05) is 25.6 Å². The van der Waals surface area contributed by atoms with E-state index in [-0.39, 0.29) is 0 Å². The van der Waals surface area contributed by atoms with Crippen LogP contribution in [-0.4, -0.2) is 36.5 Å². The van der Waals surface area contributed by atoms with Crippen LogP contribution < -0.4 is 5.32 Å². The molecule has 0 aromatic rings. The summed E-state index contributed by atoms with van der Waals surface area (Å²) in [5.74, 6) is 1.08. The maximum absolute atomic E-state index is 12.5. The van der Waals surface area contributed by atoms with Crippen LogP contribution in [0.1, 0.15) is 71.1 Å². The molecule has 1 aliphatic carbocycles. The number of carbonyl (C=O) groups excluding carboxylic acids is 1. The largest absolute Gasteiger partial charge is 0.341 e.